The highest BCUT2D eigenvalue weighted by Gasteiger charge is 2.34. The maximum absolute atomic E-state index is 13.3. The van der Waals surface area contributed by atoms with Crippen molar-refractivity contribution < 1.29 is 9.21 Å². The second-order valence-electron chi connectivity index (χ2n) is 7.27. The lowest BCUT2D eigenvalue weighted by atomic mass is 10.1. The van der Waals surface area contributed by atoms with Crippen molar-refractivity contribution in [3.63, 3.8) is 0 Å². The normalized spacial score (nSPS) is 17.1. The third kappa shape index (κ3) is 2.59. The molecule has 0 aliphatic carbocycles. The summed E-state index contributed by atoms with van der Waals surface area (Å²) in [6, 6.07) is 13.7. The Morgan fingerprint density at radius 2 is 2.04 bits per heavy atom. The molecule has 1 aliphatic rings. The summed E-state index contributed by atoms with van der Waals surface area (Å²) in [5.74, 6) is 1.61. The molecule has 1 atom stereocenters. The van der Waals surface area contributed by atoms with Gasteiger partial charge in [-0.05, 0) is 50.1 Å². The third-order valence-corrected chi connectivity index (χ3v) is 5.55. The SMILES string of the molecule is CCn1c(C2CCCN2C(=O)c2ccc3nc(C)oc3c2)nc2ccccc21. The molecule has 142 valence electrons. The Morgan fingerprint density at radius 1 is 1.18 bits per heavy atom. The molecule has 3 heterocycles. The minimum atomic E-state index is -0.00740. The number of aromatic nitrogens is 3. The van der Waals surface area contributed by atoms with Crippen LogP contribution in [-0.4, -0.2) is 31.9 Å². The lowest BCUT2D eigenvalue weighted by molar-refractivity contribution is 0.0728. The van der Waals surface area contributed by atoms with Crippen molar-refractivity contribution in [2.75, 3.05) is 6.54 Å². The van der Waals surface area contributed by atoms with Gasteiger partial charge in [-0.15, -0.1) is 0 Å². The molecule has 6 heteroatoms. The lowest BCUT2D eigenvalue weighted by Crippen LogP contribution is -2.32. The standard InChI is InChI=1S/C22H22N4O2/c1-3-25-18-8-5-4-7-16(18)24-21(25)19-9-6-12-26(19)22(27)15-10-11-17-20(13-15)28-14(2)23-17/h4-5,7-8,10-11,13,19H,3,6,9,12H2,1-2H3. The molecule has 0 saturated carbocycles. The van der Waals surface area contributed by atoms with E-state index in [4.69, 9.17) is 9.40 Å². The predicted octanol–water partition coefficient (Wildman–Crippen LogP) is 4.48. The van der Waals surface area contributed by atoms with Crippen LogP contribution in [0.3, 0.4) is 0 Å². The quantitative estimate of drug-likeness (QED) is 0.530. The maximum Gasteiger partial charge on any atom is 0.254 e. The molecule has 1 unspecified atom stereocenters. The molecule has 2 aromatic heterocycles. The van der Waals surface area contributed by atoms with Gasteiger partial charge in [0.25, 0.3) is 5.91 Å². The molecular formula is C22H22N4O2. The van der Waals surface area contributed by atoms with Crippen LogP contribution in [-0.2, 0) is 6.54 Å². The number of rotatable bonds is 3. The fraction of sp³-hybridized carbons (Fsp3) is 0.318. The van der Waals surface area contributed by atoms with E-state index in [0.717, 1.165) is 48.3 Å². The Bertz CT molecular complexity index is 1190. The van der Waals surface area contributed by atoms with Crippen molar-refractivity contribution >= 4 is 28.0 Å². The minimum absolute atomic E-state index is 0.00740. The van der Waals surface area contributed by atoms with E-state index in [1.165, 1.54) is 0 Å². The average molecular weight is 374 g/mol. The maximum atomic E-state index is 13.3. The van der Waals surface area contributed by atoms with E-state index in [9.17, 15) is 4.79 Å². The zero-order chi connectivity index (χ0) is 19.3. The molecule has 1 amide bonds. The first-order valence-electron chi connectivity index (χ1n) is 9.79. The van der Waals surface area contributed by atoms with E-state index >= 15 is 0 Å². The van der Waals surface area contributed by atoms with E-state index in [1.54, 1.807) is 6.07 Å². The van der Waals surface area contributed by atoms with E-state index in [2.05, 4.69) is 22.5 Å². The Morgan fingerprint density at radius 3 is 2.89 bits per heavy atom. The van der Waals surface area contributed by atoms with Crippen molar-refractivity contribution in [2.24, 2.45) is 0 Å². The Balaban J connectivity index is 1.53. The molecule has 2 aromatic carbocycles. The predicted molar refractivity (Wildman–Crippen MR) is 107 cm³/mol. The van der Waals surface area contributed by atoms with Gasteiger partial charge in [-0.25, -0.2) is 9.97 Å². The molecule has 6 nitrogen and oxygen atoms in total. The van der Waals surface area contributed by atoms with Gasteiger partial charge < -0.3 is 13.9 Å². The number of oxazole rings is 1. The number of likely N-dealkylation sites (tertiary alicyclic amines) is 1. The molecular weight excluding hydrogens is 352 g/mol. The van der Waals surface area contributed by atoms with E-state index in [0.29, 0.717) is 17.0 Å². The van der Waals surface area contributed by atoms with E-state index < -0.39 is 0 Å². The summed E-state index contributed by atoms with van der Waals surface area (Å²) >= 11 is 0. The highest BCUT2D eigenvalue weighted by molar-refractivity contribution is 5.97. The lowest BCUT2D eigenvalue weighted by Gasteiger charge is -2.25. The summed E-state index contributed by atoms with van der Waals surface area (Å²) < 4.78 is 7.84. The third-order valence-electron chi connectivity index (χ3n) is 5.55. The molecule has 0 radical (unpaired) electrons. The molecule has 5 rings (SSSR count). The van der Waals surface area contributed by atoms with Gasteiger partial charge in [0.05, 0.1) is 17.1 Å². The number of carbonyl (C=O) groups is 1. The fourth-order valence-corrected chi connectivity index (χ4v) is 4.30. The second kappa shape index (κ2) is 6.48. The van der Waals surface area contributed by atoms with Crippen LogP contribution in [0.1, 0.15) is 47.9 Å². The molecule has 1 aliphatic heterocycles. The number of benzene rings is 2. The van der Waals surface area contributed by atoms with Crippen LogP contribution in [0.15, 0.2) is 46.9 Å². The molecule has 0 spiro atoms. The summed E-state index contributed by atoms with van der Waals surface area (Å²) in [7, 11) is 0. The number of amides is 1. The zero-order valence-corrected chi connectivity index (χ0v) is 16.1. The van der Waals surface area contributed by atoms with Gasteiger partial charge in [0.2, 0.25) is 0 Å². The van der Waals surface area contributed by atoms with E-state index in [-0.39, 0.29) is 11.9 Å². The van der Waals surface area contributed by atoms with Gasteiger partial charge in [-0.1, -0.05) is 12.1 Å². The summed E-state index contributed by atoms with van der Waals surface area (Å²) in [6.07, 6.45) is 1.91. The first-order valence-corrected chi connectivity index (χ1v) is 9.79. The molecule has 28 heavy (non-hydrogen) atoms. The Labute approximate surface area is 162 Å². The topological polar surface area (TPSA) is 64.2 Å². The van der Waals surface area contributed by atoms with Crippen LogP contribution < -0.4 is 0 Å². The molecule has 0 bridgehead atoms. The van der Waals surface area contributed by atoms with Crippen LogP contribution in [0, 0.1) is 6.92 Å². The van der Waals surface area contributed by atoms with Crippen LogP contribution >= 0.6 is 0 Å². The van der Waals surface area contributed by atoms with Crippen molar-refractivity contribution in [2.45, 2.75) is 39.3 Å². The van der Waals surface area contributed by atoms with Crippen LogP contribution in [0.2, 0.25) is 0 Å². The average Bonchev–Trinajstić information content (AvgIpc) is 3.41. The first kappa shape index (κ1) is 17.0. The Kier molecular flexibility index (Phi) is 3.93. The number of aryl methyl sites for hydroxylation is 2. The zero-order valence-electron chi connectivity index (χ0n) is 16.1. The van der Waals surface area contributed by atoms with E-state index in [1.807, 2.05) is 42.2 Å². The van der Waals surface area contributed by atoms with Crippen molar-refractivity contribution in [1.82, 2.24) is 19.4 Å². The van der Waals surface area contributed by atoms with Crippen LogP contribution in [0.5, 0.6) is 0 Å². The first-order chi connectivity index (χ1) is 13.7. The molecule has 1 fully saturated rings. The number of hydrogen-bond donors (Lipinski definition) is 0. The number of fused-ring (bicyclic) bond motifs is 2. The largest absolute Gasteiger partial charge is 0.441 e. The smallest absolute Gasteiger partial charge is 0.254 e. The monoisotopic (exact) mass is 374 g/mol. The molecule has 0 N–H and O–H groups in total. The minimum Gasteiger partial charge on any atom is -0.441 e. The van der Waals surface area contributed by atoms with Crippen LogP contribution in [0.4, 0.5) is 0 Å². The number of imidazole rings is 1. The van der Waals surface area contributed by atoms with Gasteiger partial charge in [0.15, 0.2) is 11.5 Å². The second-order valence-corrected chi connectivity index (χ2v) is 7.27. The van der Waals surface area contributed by atoms with Gasteiger partial charge in [-0.3, -0.25) is 4.79 Å². The van der Waals surface area contributed by atoms with Gasteiger partial charge in [0.1, 0.15) is 11.3 Å². The highest BCUT2D eigenvalue weighted by atomic mass is 16.3. The summed E-state index contributed by atoms with van der Waals surface area (Å²) in [5, 5.41) is 0. The van der Waals surface area contributed by atoms with Gasteiger partial charge in [-0.2, -0.15) is 0 Å². The molecule has 1 saturated heterocycles. The van der Waals surface area contributed by atoms with Crippen LogP contribution in [0.25, 0.3) is 22.1 Å². The number of nitrogens with zero attached hydrogens (tertiary/aromatic N) is 4. The summed E-state index contributed by atoms with van der Waals surface area (Å²) in [4.78, 5) is 24.5. The van der Waals surface area contributed by atoms with Gasteiger partial charge >= 0.3 is 0 Å². The van der Waals surface area contributed by atoms with Crippen molar-refractivity contribution in [1.29, 1.82) is 0 Å². The number of para-hydroxylation sites is 2. The van der Waals surface area contributed by atoms with Crippen molar-refractivity contribution in [3.8, 4) is 0 Å². The summed E-state index contributed by atoms with van der Waals surface area (Å²) in [6.45, 7) is 5.51. The Hall–Kier alpha value is -3.15. The number of hydrogen-bond acceptors (Lipinski definition) is 4. The molecule has 4 aromatic rings. The van der Waals surface area contributed by atoms with Gasteiger partial charge in [0, 0.05) is 25.6 Å². The summed E-state index contributed by atoms with van der Waals surface area (Å²) in [5.41, 5.74) is 4.17. The van der Waals surface area contributed by atoms with Crippen molar-refractivity contribution in [3.05, 3.63) is 59.7 Å². The fourth-order valence-electron chi connectivity index (χ4n) is 4.30. The number of carbonyl (C=O) groups excluding carboxylic acids is 1. The highest BCUT2D eigenvalue weighted by Crippen LogP contribution is 2.34.